The van der Waals surface area contributed by atoms with E-state index in [0.717, 1.165) is 50.6 Å². The Hall–Kier alpha value is -2.32. The summed E-state index contributed by atoms with van der Waals surface area (Å²) < 4.78 is 0. The molecule has 4 rings (SSSR count). The lowest BCUT2D eigenvalue weighted by molar-refractivity contribution is -0.917. The maximum Gasteiger partial charge on any atom is 0.226 e. The molecule has 2 aromatic rings. The largest absolute Gasteiger partial charge is 0.331 e. The van der Waals surface area contributed by atoms with Crippen molar-refractivity contribution in [1.82, 2.24) is 15.1 Å². The predicted octanol–water partition coefficient (Wildman–Crippen LogP) is 2.23. The highest BCUT2D eigenvalue weighted by Crippen LogP contribution is 2.35. The van der Waals surface area contributed by atoms with E-state index < -0.39 is 0 Å². The molecule has 1 saturated heterocycles. The molecule has 0 atom stereocenters. The van der Waals surface area contributed by atoms with E-state index in [1.807, 2.05) is 11.0 Å². The van der Waals surface area contributed by atoms with E-state index in [2.05, 4.69) is 39.8 Å². The molecule has 0 unspecified atom stereocenters. The second kappa shape index (κ2) is 10.8. The second-order valence-electron chi connectivity index (χ2n) is 8.62. The van der Waals surface area contributed by atoms with Gasteiger partial charge < -0.3 is 15.1 Å². The average molecular weight is 443 g/mol. The number of rotatable bonds is 7. The Morgan fingerprint density at radius 3 is 2.52 bits per heavy atom. The summed E-state index contributed by atoms with van der Waals surface area (Å²) in [6.45, 7) is 4.40. The highest BCUT2D eigenvalue weighted by molar-refractivity contribution is 7.15. The van der Waals surface area contributed by atoms with Crippen LogP contribution in [0.25, 0.3) is 0 Å². The number of carbonyl (C=O) groups is 2. The van der Waals surface area contributed by atoms with E-state index in [0.29, 0.717) is 11.0 Å². The molecule has 0 spiro atoms. The van der Waals surface area contributed by atoms with E-state index >= 15 is 0 Å². The van der Waals surface area contributed by atoms with E-state index in [1.54, 1.807) is 0 Å². The van der Waals surface area contributed by atoms with Gasteiger partial charge >= 0.3 is 0 Å². The number of anilines is 1. The molecular weight excluding hydrogens is 410 g/mol. The first-order valence-corrected chi connectivity index (χ1v) is 12.3. The Kier molecular flexibility index (Phi) is 7.64. The third kappa shape index (κ3) is 6.33. The SMILES string of the molecule is O=C(CCC(=O)N1CC[NH+](Cc2ccccc2)CC1)Nc1nnc(C2CCCCC2)s1. The van der Waals surface area contributed by atoms with Crippen molar-refractivity contribution in [3.05, 3.63) is 40.9 Å². The number of aromatic nitrogens is 2. The maximum atomic E-state index is 12.5. The van der Waals surface area contributed by atoms with Gasteiger partial charge in [-0.05, 0) is 12.8 Å². The van der Waals surface area contributed by atoms with Gasteiger partial charge in [-0.2, -0.15) is 0 Å². The summed E-state index contributed by atoms with van der Waals surface area (Å²) in [5.41, 5.74) is 1.33. The maximum absolute atomic E-state index is 12.5. The molecule has 2 N–H and O–H groups in total. The van der Waals surface area contributed by atoms with Crippen LogP contribution in [-0.4, -0.2) is 53.1 Å². The number of piperazine rings is 1. The van der Waals surface area contributed by atoms with Crippen LogP contribution in [0.1, 0.15) is 61.4 Å². The number of amides is 2. The van der Waals surface area contributed by atoms with Crippen molar-refractivity contribution in [2.24, 2.45) is 0 Å². The van der Waals surface area contributed by atoms with Crippen LogP contribution in [0.15, 0.2) is 30.3 Å². The summed E-state index contributed by atoms with van der Waals surface area (Å²) in [4.78, 5) is 28.2. The van der Waals surface area contributed by atoms with Crippen molar-refractivity contribution < 1.29 is 14.5 Å². The third-order valence-corrected chi connectivity index (χ3v) is 7.33. The number of benzene rings is 1. The van der Waals surface area contributed by atoms with Gasteiger partial charge in [0.1, 0.15) is 11.6 Å². The van der Waals surface area contributed by atoms with Gasteiger partial charge in [-0.3, -0.25) is 9.59 Å². The van der Waals surface area contributed by atoms with Crippen LogP contribution in [0, 0.1) is 0 Å². The highest BCUT2D eigenvalue weighted by Gasteiger charge is 2.24. The summed E-state index contributed by atoms with van der Waals surface area (Å²) in [6.07, 6.45) is 6.56. The first-order valence-electron chi connectivity index (χ1n) is 11.5. The monoisotopic (exact) mass is 442 g/mol. The first-order chi connectivity index (χ1) is 15.2. The molecule has 2 fully saturated rings. The molecule has 2 amide bonds. The normalized spacial score (nSPS) is 18.1. The Morgan fingerprint density at radius 1 is 1.03 bits per heavy atom. The molecular formula is C23H32N5O2S+. The first kappa shape index (κ1) is 21.9. The number of nitrogens with zero attached hydrogens (tertiary/aromatic N) is 3. The van der Waals surface area contributed by atoms with Gasteiger partial charge in [-0.25, -0.2) is 0 Å². The Balaban J connectivity index is 1.16. The van der Waals surface area contributed by atoms with Crippen molar-refractivity contribution in [2.75, 3.05) is 31.5 Å². The van der Waals surface area contributed by atoms with Crippen LogP contribution in [0.4, 0.5) is 5.13 Å². The molecule has 7 nitrogen and oxygen atoms in total. The van der Waals surface area contributed by atoms with Crippen LogP contribution in [0.2, 0.25) is 0 Å². The lowest BCUT2D eigenvalue weighted by Gasteiger charge is -2.32. The van der Waals surface area contributed by atoms with Gasteiger partial charge in [0.05, 0.1) is 26.2 Å². The van der Waals surface area contributed by atoms with E-state index in [-0.39, 0.29) is 24.7 Å². The van der Waals surface area contributed by atoms with Gasteiger partial charge in [0.15, 0.2) is 0 Å². The van der Waals surface area contributed by atoms with Gasteiger partial charge in [0, 0.05) is 24.3 Å². The zero-order chi connectivity index (χ0) is 21.5. The molecule has 166 valence electrons. The van der Waals surface area contributed by atoms with Crippen LogP contribution >= 0.6 is 11.3 Å². The quantitative estimate of drug-likeness (QED) is 0.689. The molecule has 0 radical (unpaired) electrons. The van der Waals surface area contributed by atoms with Crippen molar-refractivity contribution in [2.45, 2.75) is 57.4 Å². The van der Waals surface area contributed by atoms with Crippen LogP contribution in [-0.2, 0) is 16.1 Å². The fraction of sp³-hybridized carbons (Fsp3) is 0.565. The van der Waals surface area contributed by atoms with E-state index in [4.69, 9.17) is 0 Å². The zero-order valence-corrected chi connectivity index (χ0v) is 18.8. The van der Waals surface area contributed by atoms with Crippen molar-refractivity contribution in [3.8, 4) is 0 Å². The molecule has 2 aliphatic rings. The highest BCUT2D eigenvalue weighted by atomic mass is 32.1. The summed E-state index contributed by atoms with van der Waals surface area (Å²) in [5.74, 6) is 0.392. The van der Waals surface area contributed by atoms with Crippen molar-refractivity contribution >= 4 is 28.3 Å². The molecule has 0 bridgehead atoms. The van der Waals surface area contributed by atoms with Crippen LogP contribution < -0.4 is 10.2 Å². The summed E-state index contributed by atoms with van der Waals surface area (Å²) in [6, 6.07) is 10.5. The van der Waals surface area contributed by atoms with Crippen LogP contribution in [0.5, 0.6) is 0 Å². The molecule has 31 heavy (non-hydrogen) atoms. The van der Waals surface area contributed by atoms with Gasteiger partial charge in [-0.15, -0.1) is 10.2 Å². The Bertz CT molecular complexity index is 858. The van der Waals surface area contributed by atoms with E-state index in [9.17, 15) is 9.59 Å². The molecule has 8 heteroatoms. The van der Waals surface area contributed by atoms with Crippen molar-refractivity contribution in [3.63, 3.8) is 0 Å². The lowest BCUT2D eigenvalue weighted by atomic mass is 9.90. The standard InChI is InChI=1S/C23H31N5O2S/c29-20(24-23-26-25-22(31-23)19-9-5-2-6-10-19)11-12-21(30)28-15-13-27(14-16-28)17-18-7-3-1-4-8-18/h1,3-4,7-8,19H,2,5-6,9-17H2,(H,24,26,29)/p+1. The van der Waals surface area contributed by atoms with Crippen LogP contribution in [0.3, 0.4) is 0 Å². The van der Waals surface area contributed by atoms with E-state index in [1.165, 1.54) is 41.1 Å². The molecule has 1 saturated carbocycles. The van der Waals surface area contributed by atoms with Gasteiger partial charge in [0.25, 0.3) is 0 Å². The number of carbonyl (C=O) groups excluding carboxylic acids is 2. The van der Waals surface area contributed by atoms with Crippen molar-refractivity contribution in [1.29, 1.82) is 0 Å². The number of hydrogen-bond donors (Lipinski definition) is 2. The average Bonchev–Trinajstić information content (AvgIpc) is 3.28. The minimum absolute atomic E-state index is 0.0640. The van der Waals surface area contributed by atoms with Gasteiger partial charge in [0.2, 0.25) is 16.9 Å². The second-order valence-corrected chi connectivity index (χ2v) is 9.63. The smallest absolute Gasteiger partial charge is 0.226 e. The minimum atomic E-state index is -0.159. The minimum Gasteiger partial charge on any atom is -0.331 e. The summed E-state index contributed by atoms with van der Waals surface area (Å²) >= 11 is 1.48. The molecule has 1 aliphatic heterocycles. The zero-order valence-electron chi connectivity index (χ0n) is 18.0. The molecule has 1 aromatic heterocycles. The fourth-order valence-corrected chi connectivity index (χ4v) is 5.42. The third-order valence-electron chi connectivity index (χ3n) is 6.33. The number of quaternary nitrogens is 1. The Morgan fingerprint density at radius 2 is 1.77 bits per heavy atom. The Labute approximate surface area is 187 Å². The predicted molar refractivity (Wildman–Crippen MR) is 121 cm³/mol. The summed E-state index contributed by atoms with van der Waals surface area (Å²) in [5, 5.41) is 12.8. The molecule has 2 heterocycles. The number of nitrogens with one attached hydrogen (secondary N) is 2. The van der Waals surface area contributed by atoms with Gasteiger partial charge in [-0.1, -0.05) is 60.9 Å². The molecule has 1 aromatic carbocycles. The molecule has 1 aliphatic carbocycles. The fourth-order valence-electron chi connectivity index (χ4n) is 4.49. The number of hydrogen-bond acceptors (Lipinski definition) is 5. The lowest BCUT2D eigenvalue weighted by Crippen LogP contribution is -3.13. The topological polar surface area (TPSA) is 79.6 Å². The summed E-state index contributed by atoms with van der Waals surface area (Å²) in [7, 11) is 0.